The Bertz CT molecular complexity index is 867. The minimum Gasteiger partial charge on any atom is -0.348 e. The highest BCUT2D eigenvalue weighted by atomic mass is 19.1. The van der Waals surface area contributed by atoms with Gasteiger partial charge in [0.15, 0.2) is 12.1 Å². The highest BCUT2D eigenvalue weighted by molar-refractivity contribution is 6.17. The number of benzene rings is 1. The Labute approximate surface area is 148 Å². The van der Waals surface area contributed by atoms with E-state index in [2.05, 4.69) is 10.3 Å². The highest BCUT2D eigenvalue weighted by Crippen LogP contribution is 2.25. The molecule has 0 unspecified atom stereocenters. The number of pyridine rings is 1. The molecule has 0 fully saturated rings. The average molecular weight is 361 g/mol. The summed E-state index contributed by atoms with van der Waals surface area (Å²) in [6.07, 6.45) is 1.83. The molecule has 1 heterocycles. The lowest BCUT2D eigenvalue weighted by Gasteiger charge is -2.15. The van der Waals surface area contributed by atoms with Crippen molar-refractivity contribution < 1.29 is 23.6 Å². The van der Waals surface area contributed by atoms with Crippen LogP contribution in [0.15, 0.2) is 42.1 Å². The van der Waals surface area contributed by atoms with E-state index in [4.69, 9.17) is 0 Å². The number of hydroxylamine groups is 1. The zero-order valence-electron chi connectivity index (χ0n) is 14.2. The van der Waals surface area contributed by atoms with Crippen molar-refractivity contribution in [3.63, 3.8) is 0 Å². The molecule has 0 saturated carbocycles. The molecule has 26 heavy (non-hydrogen) atoms. The summed E-state index contributed by atoms with van der Waals surface area (Å²) in [5, 5.41) is 12.8. The molecule has 2 N–H and O–H groups in total. The van der Waals surface area contributed by atoms with Crippen molar-refractivity contribution in [2.24, 2.45) is 0 Å². The van der Waals surface area contributed by atoms with Gasteiger partial charge >= 0.3 is 0 Å². The molecule has 0 spiro atoms. The number of aldehydes is 1. The van der Waals surface area contributed by atoms with Gasteiger partial charge in [-0.15, -0.1) is 0 Å². The first-order valence-corrected chi connectivity index (χ1v) is 7.61. The molecule has 0 atom stereocenters. The van der Waals surface area contributed by atoms with E-state index in [1.54, 1.807) is 12.1 Å². The number of carbonyl (C=O) groups is 2. The number of nitrogens with zero attached hydrogens (tertiary/aromatic N) is 2. The van der Waals surface area contributed by atoms with E-state index in [1.165, 1.54) is 26.2 Å². The molecule has 8 heteroatoms. The number of carbonyl (C=O) groups excluding carboxylic acids is 2. The molecule has 0 saturated heterocycles. The summed E-state index contributed by atoms with van der Waals surface area (Å²) in [6, 6.07) is 6.19. The number of amides is 1. The zero-order valence-corrected chi connectivity index (χ0v) is 14.2. The molecule has 0 aliphatic carbocycles. The number of nitrogens with one attached hydrogen (secondary N) is 1. The third kappa shape index (κ3) is 4.28. The van der Waals surface area contributed by atoms with Gasteiger partial charge in [0.2, 0.25) is 0 Å². The lowest BCUT2D eigenvalue weighted by molar-refractivity contribution is -0.119. The van der Waals surface area contributed by atoms with Crippen LogP contribution < -0.4 is 10.4 Å². The van der Waals surface area contributed by atoms with E-state index in [0.29, 0.717) is 23.5 Å². The molecule has 2 rings (SSSR count). The van der Waals surface area contributed by atoms with E-state index in [9.17, 15) is 23.6 Å². The van der Waals surface area contributed by atoms with Crippen molar-refractivity contribution in [2.45, 2.75) is 13.5 Å². The second-order valence-electron chi connectivity index (χ2n) is 5.47. The zero-order chi connectivity index (χ0) is 19.3. The minimum atomic E-state index is -0.796. The van der Waals surface area contributed by atoms with Crippen LogP contribution in [0.2, 0.25) is 0 Å². The summed E-state index contributed by atoms with van der Waals surface area (Å²) < 4.78 is 26.5. The van der Waals surface area contributed by atoms with Crippen molar-refractivity contribution in [3.8, 4) is 0 Å². The first-order chi connectivity index (χ1) is 12.3. The van der Waals surface area contributed by atoms with Crippen LogP contribution in [0.1, 0.15) is 18.1 Å². The van der Waals surface area contributed by atoms with E-state index < -0.39 is 17.5 Å². The fraction of sp³-hybridized carbons (Fsp3) is 0.167. The van der Waals surface area contributed by atoms with Gasteiger partial charge in [-0.2, -0.15) is 0 Å². The van der Waals surface area contributed by atoms with Gasteiger partial charge in [0, 0.05) is 37.0 Å². The number of rotatable bonds is 6. The molecule has 1 amide bonds. The van der Waals surface area contributed by atoms with Crippen LogP contribution in [0.25, 0.3) is 5.57 Å². The Balaban J connectivity index is 2.27. The maximum absolute atomic E-state index is 13.6. The molecule has 136 valence electrons. The number of hydrogen-bond donors (Lipinski definition) is 2. The Morgan fingerprint density at radius 2 is 2.08 bits per heavy atom. The van der Waals surface area contributed by atoms with Crippen molar-refractivity contribution >= 4 is 23.6 Å². The predicted molar refractivity (Wildman–Crippen MR) is 91.3 cm³/mol. The van der Waals surface area contributed by atoms with Crippen LogP contribution >= 0.6 is 0 Å². The standard InChI is InChI=1S/C18H17F2N3O3/c1-11(14-4-3-7-21-17(14)23(2)26)15(10-24)18(25)22-9-12-5-6-13(19)8-16(12)20/h3-8,10,26H,9H2,1-2H3,(H,22,25)/b15-11+. The molecule has 6 nitrogen and oxygen atoms in total. The van der Waals surface area contributed by atoms with Crippen LogP contribution in [0.4, 0.5) is 14.6 Å². The summed E-state index contributed by atoms with van der Waals surface area (Å²) in [7, 11) is 1.36. The lowest BCUT2D eigenvalue weighted by Crippen LogP contribution is -2.26. The van der Waals surface area contributed by atoms with Gasteiger partial charge in [-0.25, -0.2) is 18.8 Å². The molecule has 0 aliphatic rings. The van der Waals surface area contributed by atoms with Gasteiger partial charge in [0.1, 0.15) is 11.6 Å². The molecule has 1 aromatic heterocycles. The van der Waals surface area contributed by atoms with Crippen molar-refractivity contribution in [3.05, 3.63) is 64.9 Å². The van der Waals surface area contributed by atoms with Crippen LogP contribution in [0.5, 0.6) is 0 Å². The smallest absolute Gasteiger partial charge is 0.255 e. The van der Waals surface area contributed by atoms with Crippen molar-refractivity contribution in [2.75, 3.05) is 12.1 Å². The average Bonchev–Trinajstić information content (AvgIpc) is 2.61. The second kappa shape index (κ2) is 8.30. The topological polar surface area (TPSA) is 82.5 Å². The van der Waals surface area contributed by atoms with Gasteiger partial charge in [-0.05, 0) is 30.7 Å². The Morgan fingerprint density at radius 1 is 1.35 bits per heavy atom. The quantitative estimate of drug-likeness (QED) is 0.272. The summed E-state index contributed by atoms with van der Waals surface area (Å²) in [5.41, 5.74) is 0.576. The normalized spacial score (nSPS) is 11.6. The van der Waals surface area contributed by atoms with Gasteiger partial charge in [0.25, 0.3) is 5.91 Å². The summed E-state index contributed by atoms with van der Waals surface area (Å²) >= 11 is 0. The minimum absolute atomic E-state index is 0.0832. The fourth-order valence-corrected chi connectivity index (χ4v) is 2.34. The first kappa shape index (κ1) is 19.2. The number of hydrogen-bond acceptors (Lipinski definition) is 5. The van der Waals surface area contributed by atoms with Crippen molar-refractivity contribution in [1.82, 2.24) is 10.3 Å². The Kier molecular flexibility index (Phi) is 6.13. The molecule has 0 radical (unpaired) electrons. The van der Waals surface area contributed by atoms with Gasteiger partial charge in [-0.3, -0.25) is 14.8 Å². The Morgan fingerprint density at radius 3 is 2.69 bits per heavy atom. The van der Waals surface area contributed by atoms with Crippen LogP contribution in [-0.2, 0) is 16.1 Å². The molecule has 0 aliphatic heterocycles. The van der Waals surface area contributed by atoms with Crippen LogP contribution in [-0.4, -0.2) is 29.4 Å². The fourth-order valence-electron chi connectivity index (χ4n) is 2.34. The van der Waals surface area contributed by atoms with E-state index in [-0.39, 0.29) is 23.5 Å². The second-order valence-corrected chi connectivity index (χ2v) is 5.47. The maximum Gasteiger partial charge on any atom is 0.255 e. The molecular weight excluding hydrogens is 344 g/mol. The highest BCUT2D eigenvalue weighted by Gasteiger charge is 2.17. The number of aromatic nitrogens is 1. The summed E-state index contributed by atoms with van der Waals surface area (Å²) in [6.45, 7) is 1.32. The summed E-state index contributed by atoms with van der Waals surface area (Å²) in [5.74, 6) is -2.08. The third-order valence-corrected chi connectivity index (χ3v) is 3.72. The molecule has 1 aromatic carbocycles. The number of allylic oxidation sites excluding steroid dienone is 1. The molecule has 0 bridgehead atoms. The molecular formula is C18H17F2N3O3. The van der Waals surface area contributed by atoms with E-state index in [0.717, 1.165) is 11.1 Å². The molecule has 2 aromatic rings. The van der Waals surface area contributed by atoms with Gasteiger partial charge in [-0.1, -0.05) is 6.07 Å². The first-order valence-electron chi connectivity index (χ1n) is 7.61. The van der Waals surface area contributed by atoms with E-state index in [1.807, 2.05) is 0 Å². The van der Waals surface area contributed by atoms with Gasteiger partial charge in [0.05, 0.1) is 5.57 Å². The van der Waals surface area contributed by atoms with E-state index >= 15 is 0 Å². The van der Waals surface area contributed by atoms with Crippen LogP contribution in [0.3, 0.4) is 0 Å². The predicted octanol–water partition coefficient (Wildman–Crippen LogP) is 2.47. The van der Waals surface area contributed by atoms with Gasteiger partial charge < -0.3 is 5.32 Å². The Hall–Kier alpha value is -3.13. The number of anilines is 1. The summed E-state index contributed by atoms with van der Waals surface area (Å²) in [4.78, 5) is 27.8. The third-order valence-electron chi connectivity index (χ3n) is 3.72. The van der Waals surface area contributed by atoms with Crippen LogP contribution in [0, 0.1) is 11.6 Å². The SMILES string of the molecule is C/C(=C(/C=O)C(=O)NCc1ccc(F)cc1F)c1cccnc1N(C)O. The lowest BCUT2D eigenvalue weighted by atomic mass is 10.0. The maximum atomic E-state index is 13.6. The van der Waals surface area contributed by atoms with Crippen molar-refractivity contribution in [1.29, 1.82) is 0 Å². The monoisotopic (exact) mass is 361 g/mol. The number of halogens is 2. The largest absolute Gasteiger partial charge is 0.348 e.